The first-order chi connectivity index (χ1) is 23.9. The van der Waals surface area contributed by atoms with Gasteiger partial charge >= 0.3 is 6.18 Å². The van der Waals surface area contributed by atoms with Gasteiger partial charge in [-0.2, -0.15) is 73.8 Å². The molecule has 12 heteroatoms. The molecule has 0 aliphatic heterocycles. The number of pyridine rings is 1. The summed E-state index contributed by atoms with van der Waals surface area (Å²) in [5, 5.41) is 6.25. The molecule has 8 nitrogen and oxygen atoms in total. The third-order valence-corrected chi connectivity index (χ3v) is 6.73. The molecule has 0 unspecified atom stereocenters. The van der Waals surface area contributed by atoms with E-state index < -0.39 is 12.0 Å². The second-order valence-corrected chi connectivity index (χ2v) is 10.1. The molecule has 0 saturated carbocycles. The number of nitrogens with zero attached hydrogens (tertiary/aromatic N) is 8. The average molecular weight is 844 g/mol. The summed E-state index contributed by atoms with van der Waals surface area (Å²) in [6, 6.07) is 47.1. The maximum atomic E-state index is 12.1. The Kier molecular flexibility index (Phi) is 12.0. The van der Waals surface area contributed by atoms with Crippen molar-refractivity contribution < 1.29 is 42.4 Å². The Morgan fingerprint density at radius 1 is 0.620 bits per heavy atom. The second-order valence-electron chi connectivity index (χ2n) is 10.1. The van der Waals surface area contributed by atoms with Crippen molar-refractivity contribution in [1.29, 1.82) is 0 Å². The van der Waals surface area contributed by atoms with Crippen molar-refractivity contribution in [2.24, 2.45) is 0 Å². The topological polar surface area (TPSA) is 70.4 Å². The molecule has 0 bridgehead atoms. The van der Waals surface area contributed by atoms with Crippen molar-refractivity contribution in [2.45, 2.75) is 6.18 Å². The number of alkyl halides is 3. The summed E-state index contributed by atoms with van der Waals surface area (Å²) in [7, 11) is 0. The van der Waals surface area contributed by atoms with Gasteiger partial charge in [-0.3, -0.25) is 19.2 Å². The SMILES string of the molecule is FC(F)(F)c1n[n-]c(-c2ccccn2)n1.[Ir].[c-]1ccccc1-n1[c-][n+](-c2ccccc2)cc1.[c-]1ccccc1-n1[c-][n+](-c2ccccc2)cc1. The zero-order valence-corrected chi connectivity index (χ0v) is 28.5. The van der Waals surface area contributed by atoms with Crippen LogP contribution in [0.3, 0.4) is 0 Å². The molecule has 8 rings (SSSR count). The van der Waals surface area contributed by atoms with Crippen LogP contribution in [0, 0.1) is 24.8 Å². The van der Waals surface area contributed by atoms with Crippen LogP contribution < -0.4 is 14.2 Å². The van der Waals surface area contributed by atoms with E-state index in [1.54, 1.807) is 12.1 Å². The Hall–Kier alpha value is -5.97. The van der Waals surface area contributed by atoms with E-state index in [1.807, 2.05) is 128 Å². The van der Waals surface area contributed by atoms with Gasteiger partial charge in [0.15, 0.2) is 0 Å². The minimum Gasteiger partial charge on any atom is -0.413 e. The van der Waals surface area contributed by atoms with Crippen LogP contribution in [0.1, 0.15) is 5.82 Å². The van der Waals surface area contributed by atoms with Crippen LogP contribution in [-0.2, 0) is 26.3 Å². The van der Waals surface area contributed by atoms with Crippen molar-refractivity contribution >= 4 is 0 Å². The summed E-state index contributed by atoms with van der Waals surface area (Å²) in [5.74, 6) is -1.37. The van der Waals surface area contributed by atoms with Crippen molar-refractivity contribution in [3.05, 3.63) is 189 Å². The number of rotatable bonds is 5. The molecule has 0 amide bonds. The summed E-state index contributed by atoms with van der Waals surface area (Å²) >= 11 is 0. The van der Waals surface area contributed by atoms with E-state index in [1.165, 1.54) is 12.3 Å². The van der Waals surface area contributed by atoms with E-state index in [2.05, 4.69) is 69.2 Å². The number of imidazole rings is 2. The molecule has 0 aliphatic carbocycles. The number of para-hydroxylation sites is 4. The molecule has 4 aromatic carbocycles. The Bertz CT molecular complexity index is 1930. The Balaban J connectivity index is 0.000000145. The molecule has 251 valence electrons. The van der Waals surface area contributed by atoms with E-state index >= 15 is 0 Å². The third-order valence-electron chi connectivity index (χ3n) is 6.73. The fraction of sp³-hybridized carbons (Fsp3) is 0.0263. The van der Waals surface area contributed by atoms with Crippen molar-refractivity contribution in [1.82, 2.24) is 29.3 Å². The van der Waals surface area contributed by atoms with Crippen LogP contribution in [0.25, 0.3) is 34.3 Å². The van der Waals surface area contributed by atoms with E-state index in [-0.39, 0.29) is 31.6 Å². The van der Waals surface area contributed by atoms with Gasteiger partial charge in [0.25, 0.3) is 12.7 Å². The number of hydrogen-bond acceptors (Lipinski definition) is 3. The summed E-state index contributed by atoms with van der Waals surface area (Å²) in [4.78, 5) is 7.05. The van der Waals surface area contributed by atoms with E-state index in [0.717, 1.165) is 22.7 Å². The van der Waals surface area contributed by atoms with Crippen LogP contribution in [0.5, 0.6) is 0 Å². The fourth-order valence-corrected chi connectivity index (χ4v) is 4.40. The molecule has 0 fully saturated rings. The minimum absolute atomic E-state index is 0. The van der Waals surface area contributed by atoms with Crippen LogP contribution >= 0.6 is 0 Å². The standard InChI is InChI=1S/2C15H11N2.C8H4F3N4.Ir/c2*1-3-7-14(8-4-1)16-11-12-17(13-16)15-9-5-2-6-10-15;9-8(10,11)7-13-6(14-15-7)5-3-1-2-4-12-5;/h2*1-9,11-12H;1-4H;/q3*-1;. The minimum atomic E-state index is -4.57. The molecule has 0 saturated heterocycles. The quantitative estimate of drug-likeness (QED) is 0.153. The first kappa shape index (κ1) is 35.3. The molecular formula is C38H26F3IrN8-3. The first-order valence-electron chi connectivity index (χ1n) is 14.9. The fourth-order valence-electron chi connectivity index (χ4n) is 4.40. The molecule has 8 aromatic rings. The molecule has 1 radical (unpaired) electrons. The van der Waals surface area contributed by atoms with Gasteiger partial charge < -0.3 is 19.2 Å². The monoisotopic (exact) mass is 844 g/mol. The number of hydrogen-bond donors (Lipinski definition) is 0. The predicted octanol–water partition coefficient (Wildman–Crippen LogP) is 6.22. The number of halogens is 3. The molecule has 0 aliphatic rings. The van der Waals surface area contributed by atoms with Gasteiger partial charge in [0.1, 0.15) is 5.82 Å². The average Bonchev–Trinajstić information content (AvgIpc) is 3.96. The zero-order chi connectivity index (χ0) is 33.9. The van der Waals surface area contributed by atoms with Gasteiger partial charge in [0.05, 0.1) is 17.1 Å². The zero-order valence-electron chi connectivity index (χ0n) is 26.1. The third kappa shape index (κ3) is 9.34. The van der Waals surface area contributed by atoms with Crippen LogP contribution in [-0.4, -0.2) is 24.2 Å². The van der Waals surface area contributed by atoms with Gasteiger partial charge in [-0.25, -0.2) is 0 Å². The van der Waals surface area contributed by atoms with Crippen molar-refractivity contribution in [3.8, 4) is 34.3 Å². The molecule has 50 heavy (non-hydrogen) atoms. The first-order valence-corrected chi connectivity index (χ1v) is 14.9. The van der Waals surface area contributed by atoms with Gasteiger partial charge in [0, 0.05) is 51.1 Å². The van der Waals surface area contributed by atoms with Gasteiger partial charge in [-0.05, 0) is 53.6 Å². The summed E-state index contributed by atoms with van der Waals surface area (Å²) in [5.41, 5.74) is 4.44. The number of benzene rings is 4. The molecule has 4 aromatic heterocycles. The molecular weight excluding hydrogens is 818 g/mol. The summed E-state index contributed by atoms with van der Waals surface area (Å²) in [6.07, 6.45) is 11.3. The van der Waals surface area contributed by atoms with Crippen molar-refractivity contribution in [3.63, 3.8) is 0 Å². The van der Waals surface area contributed by atoms with Gasteiger partial charge in [-0.1, -0.05) is 42.5 Å². The Morgan fingerprint density at radius 3 is 1.54 bits per heavy atom. The normalized spacial score (nSPS) is 10.5. The second kappa shape index (κ2) is 16.9. The van der Waals surface area contributed by atoms with Crippen LogP contribution in [0.2, 0.25) is 0 Å². The van der Waals surface area contributed by atoms with E-state index in [9.17, 15) is 13.2 Å². The van der Waals surface area contributed by atoms with E-state index in [4.69, 9.17) is 0 Å². The molecule has 0 spiro atoms. The van der Waals surface area contributed by atoms with Crippen LogP contribution in [0.15, 0.2) is 158 Å². The molecule has 0 N–H and O–H groups in total. The van der Waals surface area contributed by atoms with Crippen LogP contribution in [0.4, 0.5) is 13.2 Å². The maximum Gasteiger partial charge on any atom is 0.429 e. The predicted molar refractivity (Wildman–Crippen MR) is 174 cm³/mol. The Labute approximate surface area is 300 Å². The smallest absolute Gasteiger partial charge is 0.413 e. The number of aromatic nitrogens is 8. The maximum absolute atomic E-state index is 12.1. The van der Waals surface area contributed by atoms with Gasteiger partial charge in [-0.15, -0.1) is 0 Å². The van der Waals surface area contributed by atoms with Gasteiger partial charge in [0.2, 0.25) is 0 Å². The largest absolute Gasteiger partial charge is 0.429 e. The Morgan fingerprint density at radius 2 is 1.12 bits per heavy atom. The van der Waals surface area contributed by atoms with E-state index in [0.29, 0.717) is 0 Å². The van der Waals surface area contributed by atoms with Crippen molar-refractivity contribution in [2.75, 3.05) is 0 Å². The molecule has 0 atom stereocenters. The summed E-state index contributed by atoms with van der Waals surface area (Å²) < 4.78 is 44.2. The molecule has 4 heterocycles. The summed E-state index contributed by atoms with van der Waals surface area (Å²) in [6.45, 7) is 0.